The standard InChI is InChI=1S/C18H19FO4/c1-10-7-14(23-3)9-15(20)17(10)13-6-11(2)18(19)12(8-13)4-5-16(21)22/h6-9,20H,4-5H2,1-3H3,(H,21,22). The number of rotatable bonds is 5. The molecule has 2 rings (SSSR count). The summed E-state index contributed by atoms with van der Waals surface area (Å²) in [6.07, 6.45) is -0.0425. The summed E-state index contributed by atoms with van der Waals surface area (Å²) < 4.78 is 19.3. The summed E-state index contributed by atoms with van der Waals surface area (Å²) in [5.74, 6) is -0.803. The van der Waals surface area contributed by atoms with Crippen LogP contribution in [0.15, 0.2) is 24.3 Å². The predicted molar refractivity (Wildman–Crippen MR) is 85.5 cm³/mol. The molecule has 0 atom stereocenters. The van der Waals surface area contributed by atoms with Gasteiger partial charge in [0.15, 0.2) is 0 Å². The van der Waals surface area contributed by atoms with Crippen LogP contribution in [0.3, 0.4) is 0 Å². The molecule has 5 heteroatoms. The lowest BCUT2D eigenvalue weighted by Gasteiger charge is -2.14. The van der Waals surface area contributed by atoms with Crippen molar-refractivity contribution in [1.29, 1.82) is 0 Å². The molecule has 0 radical (unpaired) electrons. The van der Waals surface area contributed by atoms with Crippen molar-refractivity contribution in [2.45, 2.75) is 26.7 Å². The van der Waals surface area contributed by atoms with E-state index in [4.69, 9.17) is 9.84 Å². The second-order valence-electron chi connectivity index (χ2n) is 5.50. The van der Waals surface area contributed by atoms with Crippen LogP contribution in [0.1, 0.15) is 23.1 Å². The van der Waals surface area contributed by atoms with E-state index in [0.717, 1.165) is 5.56 Å². The molecule has 0 fully saturated rings. The molecule has 0 aliphatic rings. The van der Waals surface area contributed by atoms with Crippen LogP contribution in [-0.2, 0) is 11.2 Å². The molecule has 0 saturated carbocycles. The fourth-order valence-corrected chi connectivity index (χ4v) is 2.64. The Morgan fingerprint density at radius 2 is 1.87 bits per heavy atom. The number of benzene rings is 2. The van der Waals surface area contributed by atoms with E-state index in [1.54, 1.807) is 25.1 Å². The highest BCUT2D eigenvalue weighted by Crippen LogP contribution is 2.37. The summed E-state index contributed by atoms with van der Waals surface area (Å²) in [4.78, 5) is 10.7. The van der Waals surface area contributed by atoms with Gasteiger partial charge >= 0.3 is 5.97 Å². The molecule has 0 bridgehead atoms. The monoisotopic (exact) mass is 318 g/mol. The second kappa shape index (κ2) is 6.69. The van der Waals surface area contributed by atoms with Gasteiger partial charge in [0.05, 0.1) is 7.11 Å². The third-order valence-electron chi connectivity index (χ3n) is 3.75. The third kappa shape index (κ3) is 3.62. The van der Waals surface area contributed by atoms with Crippen LogP contribution < -0.4 is 4.74 Å². The SMILES string of the molecule is COc1cc(C)c(-c2cc(C)c(F)c(CCC(=O)O)c2)c(O)c1. The normalized spacial score (nSPS) is 10.6. The van der Waals surface area contributed by atoms with Gasteiger partial charge in [-0.2, -0.15) is 0 Å². The van der Waals surface area contributed by atoms with Gasteiger partial charge in [-0.1, -0.05) is 0 Å². The average molecular weight is 318 g/mol. The maximum atomic E-state index is 14.2. The Bertz CT molecular complexity index is 730. The van der Waals surface area contributed by atoms with E-state index in [1.807, 2.05) is 6.92 Å². The number of aryl methyl sites for hydroxylation is 3. The van der Waals surface area contributed by atoms with Gasteiger partial charge < -0.3 is 14.9 Å². The van der Waals surface area contributed by atoms with Crippen LogP contribution in [0.25, 0.3) is 11.1 Å². The van der Waals surface area contributed by atoms with Crippen molar-refractivity contribution in [2.75, 3.05) is 7.11 Å². The van der Waals surface area contributed by atoms with Gasteiger partial charge in [0.2, 0.25) is 0 Å². The second-order valence-corrected chi connectivity index (χ2v) is 5.50. The topological polar surface area (TPSA) is 66.8 Å². The molecule has 2 N–H and O–H groups in total. The van der Waals surface area contributed by atoms with E-state index in [1.165, 1.54) is 13.2 Å². The Balaban J connectivity index is 2.54. The van der Waals surface area contributed by atoms with Crippen molar-refractivity contribution in [1.82, 2.24) is 0 Å². The number of ether oxygens (including phenoxy) is 1. The van der Waals surface area contributed by atoms with Gasteiger partial charge in [0.25, 0.3) is 0 Å². The molecular weight excluding hydrogens is 299 g/mol. The smallest absolute Gasteiger partial charge is 0.303 e. The van der Waals surface area contributed by atoms with Crippen LogP contribution in [0.4, 0.5) is 4.39 Å². The summed E-state index contributed by atoms with van der Waals surface area (Å²) in [6, 6.07) is 6.52. The van der Waals surface area contributed by atoms with Gasteiger partial charge in [0.1, 0.15) is 17.3 Å². The summed E-state index contributed by atoms with van der Waals surface area (Å²) in [6.45, 7) is 3.45. The molecule has 0 amide bonds. The van der Waals surface area contributed by atoms with E-state index in [9.17, 15) is 14.3 Å². The number of carboxylic acid groups (broad SMARTS) is 1. The van der Waals surface area contributed by atoms with E-state index in [2.05, 4.69) is 0 Å². The zero-order chi connectivity index (χ0) is 17.1. The van der Waals surface area contributed by atoms with Crippen molar-refractivity contribution in [3.05, 3.63) is 46.8 Å². The van der Waals surface area contributed by atoms with E-state index >= 15 is 0 Å². The molecule has 0 unspecified atom stereocenters. The van der Waals surface area contributed by atoms with Crippen molar-refractivity contribution in [3.63, 3.8) is 0 Å². The highest BCUT2D eigenvalue weighted by Gasteiger charge is 2.15. The quantitative estimate of drug-likeness (QED) is 0.879. The van der Waals surface area contributed by atoms with Crippen molar-refractivity contribution in [2.24, 2.45) is 0 Å². The molecule has 122 valence electrons. The number of carbonyl (C=O) groups is 1. The number of phenols is 1. The summed E-state index contributed by atoms with van der Waals surface area (Å²) in [7, 11) is 1.51. The average Bonchev–Trinajstić information content (AvgIpc) is 2.48. The zero-order valence-electron chi connectivity index (χ0n) is 13.3. The maximum absolute atomic E-state index is 14.2. The van der Waals surface area contributed by atoms with Crippen molar-refractivity contribution >= 4 is 5.97 Å². The Hall–Kier alpha value is -2.56. The Labute approximate surface area is 134 Å². The number of aliphatic carboxylic acids is 1. The minimum atomic E-state index is -0.976. The summed E-state index contributed by atoms with van der Waals surface area (Å²) >= 11 is 0. The Morgan fingerprint density at radius 3 is 2.43 bits per heavy atom. The third-order valence-corrected chi connectivity index (χ3v) is 3.75. The van der Waals surface area contributed by atoms with Gasteiger partial charge in [-0.15, -0.1) is 0 Å². The fraction of sp³-hybridized carbons (Fsp3) is 0.278. The van der Waals surface area contributed by atoms with Gasteiger partial charge in [-0.3, -0.25) is 4.79 Å². The number of halogens is 1. The number of phenolic OH excluding ortho intramolecular Hbond substituents is 1. The van der Waals surface area contributed by atoms with Gasteiger partial charge in [-0.25, -0.2) is 4.39 Å². The largest absolute Gasteiger partial charge is 0.507 e. The van der Waals surface area contributed by atoms with Crippen LogP contribution in [0.5, 0.6) is 11.5 Å². The molecule has 0 spiro atoms. The number of hydrogen-bond donors (Lipinski definition) is 2. The van der Waals surface area contributed by atoms with Crippen molar-refractivity contribution in [3.8, 4) is 22.6 Å². The van der Waals surface area contributed by atoms with Crippen LogP contribution >= 0.6 is 0 Å². The molecular formula is C18H19FO4. The molecule has 0 heterocycles. The lowest BCUT2D eigenvalue weighted by Crippen LogP contribution is -2.01. The molecule has 2 aromatic rings. The first-order chi connectivity index (χ1) is 10.8. The van der Waals surface area contributed by atoms with E-state index < -0.39 is 11.8 Å². The Kier molecular flexibility index (Phi) is 4.89. The Morgan fingerprint density at radius 1 is 1.17 bits per heavy atom. The van der Waals surface area contributed by atoms with Crippen LogP contribution in [0, 0.1) is 19.7 Å². The highest BCUT2D eigenvalue weighted by molar-refractivity contribution is 5.76. The zero-order valence-corrected chi connectivity index (χ0v) is 13.3. The lowest BCUT2D eigenvalue weighted by atomic mass is 9.94. The van der Waals surface area contributed by atoms with E-state index in [0.29, 0.717) is 28.0 Å². The molecule has 0 saturated heterocycles. The minimum absolute atomic E-state index is 0.0389. The molecule has 2 aromatic carbocycles. The lowest BCUT2D eigenvalue weighted by molar-refractivity contribution is -0.136. The van der Waals surface area contributed by atoms with Gasteiger partial charge in [0, 0.05) is 18.1 Å². The van der Waals surface area contributed by atoms with Crippen molar-refractivity contribution < 1.29 is 24.1 Å². The molecule has 0 aliphatic carbocycles. The van der Waals surface area contributed by atoms with E-state index in [-0.39, 0.29) is 18.6 Å². The molecule has 23 heavy (non-hydrogen) atoms. The highest BCUT2D eigenvalue weighted by atomic mass is 19.1. The number of hydrogen-bond acceptors (Lipinski definition) is 3. The number of aromatic hydroxyl groups is 1. The first kappa shape index (κ1) is 16.8. The summed E-state index contributed by atoms with van der Waals surface area (Å²) in [5.41, 5.74) is 2.78. The number of methoxy groups -OCH3 is 1. The van der Waals surface area contributed by atoms with Crippen LogP contribution in [-0.4, -0.2) is 23.3 Å². The predicted octanol–water partition coefficient (Wildman–Crippen LogP) is 3.84. The number of carboxylic acids is 1. The summed E-state index contributed by atoms with van der Waals surface area (Å²) in [5, 5.41) is 19.0. The van der Waals surface area contributed by atoms with Gasteiger partial charge in [-0.05, 0) is 60.7 Å². The maximum Gasteiger partial charge on any atom is 0.303 e. The minimum Gasteiger partial charge on any atom is -0.507 e. The molecule has 0 aliphatic heterocycles. The molecule has 0 aromatic heterocycles. The first-order valence-corrected chi connectivity index (χ1v) is 7.22. The fourth-order valence-electron chi connectivity index (χ4n) is 2.64. The van der Waals surface area contributed by atoms with Crippen LogP contribution in [0.2, 0.25) is 0 Å². The molecule has 4 nitrogen and oxygen atoms in total. The first-order valence-electron chi connectivity index (χ1n) is 7.22.